The smallest absolute Gasteiger partial charge is 0.264 e. The Morgan fingerprint density at radius 1 is 1.04 bits per heavy atom. The Kier molecular flexibility index (Phi) is 12.5. The van der Waals surface area contributed by atoms with Crippen LogP contribution in [-0.2, 0) is 19.5 Å². The van der Waals surface area contributed by atoms with Gasteiger partial charge in [0.15, 0.2) is 0 Å². The fourth-order valence-electron chi connectivity index (χ4n) is 10.5. The lowest BCUT2D eigenvalue weighted by Crippen LogP contribution is -2.52. The quantitative estimate of drug-likeness (QED) is 0.318. The molecule has 57 heavy (non-hydrogen) atoms. The highest BCUT2D eigenvalue weighted by molar-refractivity contribution is 7.90. The molecule has 0 aromatic heterocycles. The minimum atomic E-state index is -3.99. The van der Waals surface area contributed by atoms with Crippen molar-refractivity contribution in [1.29, 1.82) is 0 Å². The molecule has 2 unspecified atom stereocenters. The van der Waals surface area contributed by atoms with E-state index in [1.807, 2.05) is 6.92 Å². The largest absolute Gasteiger partial charge is 0.491 e. The summed E-state index contributed by atoms with van der Waals surface area (Å²) in [5.74, 6) is -0.242. The van der Waals surface area contributed by atoms with Crippen molar-refractivity contribution in [2.75, 3.05) is 77.1 Å². The Hall–Kier alpha value is -2.48. The van der Waals surface area contributed by atoms with Gasteiger partial charge in [0.25, 0.3) is 5.91 Å². The van der Waals surface area contributed by atoms with Crippen LogP contribution in [-0.4, -0.2) is 114 Å². The van der Waals surface area contributed by atoms with Crippen LogP contribution in [0, 0.1) is 35.0 Å². The molecule has 1 amide bonds. The topological polar surface area (TPSA) is 101 Å². The summed E-state index contributed by atoms with van der Waals surface area (Å²) in [4.78, 5) is 21.2. The number of carbonyl (C=O) groups excluding carboxylic acids is 1. The number of hydrogen-bond donors (Lipinski definition) is 1. The van der Waals surface area contributed by atoms with E-state index >= 15 is 4.39 Å². The number of rotatable bonds is 5. The minimum absolute atomic E-state index is 0.0571. The van der Waals surface area contributed by atoms with E-state index in [-0.39, 0.29) is 46.2 Å². The van der Waals surface area contributed by atoms with E-state index in [4.69, 9.17) is 25.8 Å². The minimum Gasteiger partial charge on any atom is -0.491 e. The Balaban J connectivity index is 1.08. The molecule has 1 N–H and O–H groups in total. The molecular weight excluding hydrogens is 767 g/mol. The van der Waals surface area contributed by atoms with E-state index < -0.39 is 32.5 Å². The summed E-state index contributed by atoms with van der Waals surface area (Å²) in [6.07, 6.45) is 13.2. The van der Waals surface area contributed by atoms with Gasteiger partial charge in [0.2, 0.25) is 10.0 Å². The van der Waals surface area contributed by atoms with E-state index in [0.29, 0.717) is 44.5 Å². The van der Waals surface area contributed by atoms with Crippen LogP contribution in [0.15, 0.2) is 52.9 Å². The summed E-state index contributed by atoms with van der Waals surface area (Å²) in [5.41, 5.74) is 1.63. The molecule has 8 atom stereocenters. The number of piperazine rings is 1. The number of fused-ring (bicyclic) bond motifs is 5. The Morgan fingerprint density at radius 2 is 1.81 bits per heavy atom. The van der Waals surface area contributed by atoms with Crippen molar-refractivity contribution in [3.63, 3.8) is 0 Å². The Bertz CT molecular complexity index is 1840. The molecule has 1 aromatic rings. The highest BCUT2D eigenvalue weighted by Crippen LogP contribution is 2.50. The third-order valence-electron chi connectivity index (χ3n) is 14.7. The van der Waals surface area contributed by atoms with Crippen molar-refractivity contribution in [3.05, 3.63) is 58.4 Å². The summed E-state index contributed by atoms with van der Waals surface area (Å²) >= 11 is 6.41. The number of benzene rings is 1. The SMILES string of the molecule is C[C@@H]1[C@@H](C)S(=O)(=O)NC(=O)c2ccc3c(c2)N(C[C@@H]2CC[C@H]2[C@@H](OCCN2CCN(C4CCOCC4)CC2)C2=C[C@H]1C2)CC1(C)C=CC(Cl)=C(F)C1CCCCO3. The number of anilines is 1. The van der Waals surface area contributed by atoms with E-state index in [1.54, 1.807) is 31.2 Å². The number of halogens is 2. The van der Waals surface area contributed by atoms with Crippen LogP contribution in [0.2, 0.25) is 0 Å². The zero-order chi connectivity index (χ0) is 39.9. The second kappa shape index (κ2) is 17.2. The average Bonchev–Trinajstić information content (AvgIpc) is 3.20. The van der Waals surface area contributed by atoms with Gasteiger partial charge in [0.05, 0.1) is 35.3 Å². The van der Waals surface area contributed by atoms with Gasteiger partial charge in [-0.05, 0) is 112 Å². The third-order valence-corrected chi connectivity index (χ3v) is 16.9. The van der Waals surface area contributed by atoms with Crippen LogP contribution >= 0.6 is 11.6 Å². The number of carbonyl (C=O) groups is 1. The van der Waals surface area contributed by atoms with Crippen LogP contribution in [0.4, 0.5) is 10.1 Å². The molecule has 4 bridgehead atoms. The monoisotopic (exact) mass is 828 g/mol. The normalized spacial score (nSPS) is 35.7. The molecule has 3 aliphatic carbocycles. The fourth-order valence-corrected chi connectivity index (χ4v) is 12.1. The molecule has 2 saturated heterocycles. The first-order chi connectivity index (χ1) is 27.4. The zero-order valence-corrected chi connectivity index (χ0v) is 35.5. The molecular formula is C44H62ClFN4O6S. The molecule has 5 heterocycles. The van der Waals surface area contributed by atoms with Gasteiger partial charge in [-0.15, -0.1) is 0 Å². The molecule has 1 aromatic carbocycles. The molecule has 1 saturated carbocycles. The standard InChI is InChI=1S/C44H62ClFN4O6S/c1-29-30(2)57(52,53)47-43(51)31-8-10-40-39(26-31)50(28-44(3)14-11-38(45)41(46)37(44)6-4-5-20-55-40)27-32-7-9-36(32)42(34-24-33(29)25-34)56-23-19-48-15-17-49(18-16-48)35-12-21-54-22-13-35/h8,10-11,14,24,26,29-30,32-33,35-37,42H,4-7,9,12-13,15-23,25,27-28H2,1-3H3,(H,47,51)/t29-,30-,32+,33+,36-,37?,42+,44?/m1/s1. The first kappa shape index (κ1) is 41.3. The number of hydrogen-bond acceptors (Lipinski definition) is 9. The number of nitrogens with one attached hydrogen (secondary N) is 1. The maximum absolute atomic E-state index is 16.0. The van der Waals surface area contributed by atoms with E-state index in [1.165, 1.54) is 5.57 Å². The van der Waals surface area contributed by atoms with Crippen molar-refractivity contribution in [3.8, 4) is 5.75 Å². The van der Waals surface area contributed by atoms with Gasteiger partial charge in [0.1, 0.15) is 11.6 Å². The predicted octanol–water partition coefficient (Wildman–Crippen LogP) is 6.92. The molecule has 9 rings (SSSR count). The van der Waals surface area contributed by atoms with Crippen LogP contribution < -0.4 is 14.4 Å². The van der Waals surface area contributed by atoms with Gasteiger partial charge in [0, 0.05) is 82.0 Å². The Morgan fingerprint density at radius 3 is 2.54 bits per heavy atom. The molecule has 8 aliphatic rings. The van der Waals surface area contributed by atoms with E-state index in [2.05, 4.69) is 38.5 Å². The number of allylic oxidation sites excluding steroid dienone is 4. The van der Waals surface area contributed by atoms with E-state index in [9.17, 15) is 13.2 Å². The average molecular weight is 830 g/mol. The predicted molar refractivity (Wildman–Crippen MR) is 222 cm³/mol. The molecule has 0 spiro atoms. The van der Waals surface area contributed by atoms with Gasteiger partial charge >= 0.3 is 0 Å². The maximum Gasteiger partial charge on any atom is 0.264 e. The van der Waals surface area contributed by atoms with Crippen molar-refractivity contribution in [1.82, 2.24) is 14.5 Å². The van der Waals surface area contributed by atoms with Crippen LogP contribution in [0.5, 0.6) is 5.75 Å². The molecule has 5 aliphatic heterocycles. The first-order valence-electron chi connectivity index (χ1n) is 21.6. The lowest BCUT2D eigenvalue weighted by molar-refractivity contribution is -0.0385. The van der Waals surface area contributed by atoms with Gasteiger partial charge in [-0.25, -0.2) is 17.5 Å². The third kappa shape index (κ3) is 8.74. The van der Waals surface area contributed by atoms with Crippen LogP contribution in [0.25, 0.3) is 0 Å². The summed E-state index contributed by atoms with van der Waals surface area (Å²) in [6.45, 7) is 14.8. The van der Waals surface area contributed by atoms with Gasteiger partial charge in [-0.3, -0.25) is 14.6 Å². The molecule has 10 nitrogen and oxygen atoms in total. The van der Waals surface area contributed by atoms with Crippen molar-refractivity contribution in [2.24, 2.45) is 35.0 Å². The molecule has 3 fully saturated rings. The lowest BCUT2D eigenvalue weighted by atomic mass is 9.64. The summed E-state index contributed by atoms with van der Waals surface area (Å²) in [5, 5.41) is -0.620. The van der Waals surface area contributed by atoms with Crippen LogP contribution in [0.3, 0.4) is 0 Å². The maximum atomic E-state index is 16.0. The molecule has 314 valence electrons. The number of sulfonamides is 1. The van der Waals surface area contributed by atoms with E-state index in [0.717, 1.165) is 96.6 Å². The zero-order valence-electron chi connectivity index (χ0n) is 34.0. The fraction of sp³-hybridized carbons (Fsp3) is 0.705. The first-order valence-corrected chi connectivity index (χ1v) is 23.5. The van der Waals surface area contributed by atoms with Gasteiger partial charge in [-0.1, -0.05) is 37.6 Å². The summed E-state index contributed by atoms with van der Waals surface area (Å²) < 4.78 is 64.8. The lowest BCUT2D eigenvalue weighted by Gasteiger charge is -2.49. The highest BCUT2D eigenvalue weighted by atomic mass is 35.5. The molecule has 13 heteroatoms. The number of nitrogens with zero attached hydrogens (tertiary/aromatic N) is 3. The summed E-state index contributed by atoms with van der Waals surface area (Å²) in [6, 6.07) is 5.84. The summed E-state index contributed by atoms with van der Waals surface area (Å²) in [7, 11) is -3.99. The second-order valence-corrected chi connectivity index (χ2v) is 20.6. The second-order valence-electron chi connectivity index (χ2n) is 18.2. The van der Waals surface area contributed by atoms with Crippen LogP contribution in [0.1, 0.15) is 82.5 Å². The Labute approximate surface area is 344 Å². The van der Waals surface area contributed by atoms with Crippen molar-refractivity contribution < 1.29 is 31.8 Å². The highest BCUT2D eigenvalue weighted by Gasteiger charge is 2.46. The number of amides is 1. The van der Waals surface area contributed by atoms with Gasteiger partial charge in [-0.2, -0.15) is 0 Å². The van der Waals surface area contributed by atoms with Crippen molar-refractivity contribution in [2.45, 2.75) is 89.5 Å². The van der Waals surface area contributed by atoms with Crippen molar-refractivity contribution >= 4 is 33.2 Å². The molecule has 0 radical (unpaired) electrons. The number of ether oxygens (including phenoxy) is 3. The van der Waals surface area contributed by atoms with Gasteiger partial charge < -0.3 is 19.1 Å².